The molecule has 0 aliphatic rings. The van der Waals surface area contributed by atoms with E-state index in [1.165, 1.54) is 12.3 Å². The maximum absolute atomic E-state index is 12.6. The SMILES string of the molecule is Cc1c(NC(=O)c2cnn(-c3ccccc3)c2C)cccc1[N+](=O)[O-]. The van der Waals surface area contributed by atoms with E-state index < -0.39 is 4.92 Å². The average Bonchev–Trinajstić information content (AvgIpc) is 2.99. The van der Waals surface area contributed by atoms with E-state index in [0.717, 1.165) is 5.69 Å². The number of benzene rings is 2. The molecule has 0 spiro atoms. The number of nitro benzene ring substituents is 1. The van der Waals surface area contributed by atoms with Gasteiger partial charge in [-0.2, -0.15) is 5.10 Å². The molecule has 25 heavy (non-hydrogen) atoms. The number of nitrogens with one attached hydrogen (secondary N) is 1. The van der Waals surface area contributed by atoms with Crippen molar-refractivity contribution in [3.8, 4) is 5.69 Å². The first kappa shape index (κ1) is 16.4. The van der Waals surface area contributed by atoms with Crippen molar-refractivity contribution in [1.29, 1.82) is 0 Å². The summed E-state index contributed by atoms with van der Waals surface area (Å²) < 4.78 is 1.68. The van der Waals surface area contributed by atoms with E-state index in [9.17, 15) is 14.9 Å². The van der Waals surface area contributed by atoms with Crippen LogP contribution in [0.2, 0.25) is 0 Å². The van der Waals surface area contributed by atoms with Crippen LogP contribution >= 0.6 is 0 Å². The Labute approximate surface area is 144 Å². The van der Waals surface area contributed by atoms with Gasteiger partial charge in [0, 0.05) is 6.07 Å². The Morgan fingerprint density at radius 3 is 2.52 bits per heavy atom. The number of carbonyl (C=O) groups is 1. The van der Waals surface area contributed by atoms with E-state index in [0.29, 0.717) is 22.5 Å². The molecular formula is C18H16N4O3. The number of carbonyl (C=O) groups excluding carboxylic acids is 1. The van der Waals surface area contributed by atoms with Crippen molar-refractivity contribution in [3.63, 3.8) is 0 Å². The summed E-state index contributed by atoms with van der Waals surface area (Å²) in [4.78, 5) is 23.1. The molecule has 1 amide bonds. The van der Waals surface area contributed by atoms with Crippen LogP contribution in [-0.2, 0) is 0 Å². The topological polar surface area (TPSA) is 90.1 Å². The van der Waals surface area contributed by atoms with Gasteiger partial charge in [-0.3, -0.25) is 14.9 Å². The molecule has 7 nitrogen and oxygen atoms in total. The maximum atomic E-state index is 12.6. The molecule has 0 bridgehead atoms. The zero-order chi connectivity index (χ0) is 18.0. The summed E-state index contributed by atoms with van der Waals surface area (Å²) in [5.74, 6) is -0.358. The normalized spacial score (nSPS) is 10.5. The van der Waals surface area contributed by atoms with Gasteiger partial charge in [0.05, 0.1) is 39.3 Å². The molecule has 0 radical (unpaired) electrons. The molecule has 126 valence electrons. The standard InChI is InChI=1S/C18H16N4O3/c1-12-16(9-6-10-17(12)22(24)25)20-18(23)15-11-19-21(13(15)2)14-7-4-3-5-8-14/h3-11H,1-2H3,(H,20,23). The Kier molecular flexibility index (Phi) is 4.30. The predicted molar refractivity (Wildman–Crippen MR) is 94.1 cm³/mol. The first-order valence-corrected chi connectivity index (χ1v) is 7.64. The summed E-state index contributed by atoms with van der Waals surface area (Å²) in [5, 5.41) is 18.0. The molecule has 0 aliphatic carbocycles. The number of hydrogen-bond acceptors (Lipinski definition) is 4. The van der Waals surface area contributed by atoms with Crippen LogP contribution in [0, 0.1) is 24.0 Å². The van der Waals surface area contributed by atoms with Gasteiger partial charge in [0.2, 0.25) is 0 Å². The predicted octanol–water partition coefficient (Wildman–Crippen LogP) is 3.65. The van der Waals surface area contributed by atoms with Crippen LogP contribution < -0.4 is 5.32 Å². The molecule has 0 aliphatic heterocycles. The number of para-hydroxylation sites is 1. The van der Waals surface area contributed by atoms with E-state index in [2.05, 4.69) is 10.4 Å². The molecule has 3 aromatic rings. The van der Waals surface area contributed by atoms with Gasteiger partial charge in [0.1, 0.15) is 0 Å². The molecule has 0 atom stereocenters. The fourth-order valence-electron chi connectivity index (χ4n) is 2.61. The Morgan fingerprint density at radius 1 is 1.12 bits per heavy atom. The van der Waals surface area contributed by atoms with E-state index in [1.807, 2.05) is 30.3 Å². The Morgan fingerprint density at radius 2 is 1.84 bits per heavy atom. The number of hydrogen-bond donors (Lipinski definition) is 1. The number of nitro groups is 1. The van der Waals surface area contributed by atoms with Gasteiger partial charge in [-0.05, 0) is 32.0 Å². The van der Waals surface area contributed by atoms with Crippen molar-refractivity contribution in [3.05, 3.63) is 81.7 Å². The lowest BCUT2D eigenvalue weighted by atomic mass is 10.1. The van der Waals surface area contributed by atoms with Gasteiger partial charge >= 0.3 is 0 Å². The van der Waals surface area contributed by atoms with Crippen molar-refractivity contribution in [2.75, 3.05) is 5.32 Å². The molecule has 2 aromatic carbocycles. The van der Waals surface area contributed by atoms with Gasteiger partial charge in [-0.25, -0.2) is 4.68 Å². The molecule has 3 rings (SSSR count). The van der Waals surface area contributed by atoms with Crippen molar-refractivity contribution >= 4 is 17.3 Å². The van der Waals surface area contributed by atoms with Gasteiger partial charge in [-0.1, -0.05) is 24.3 Å². The molecule has 0 saturated heterocycles. The highest BCUT2D eigenvalue weighted by Gasteiger charge is 2.18. The smallest absolute Gasteiger partial charge is 0.274 e. The Bertz CT molecular complexity index is 948. The quantitative estimate of drug-likeness (QED) is 0.581. The lowest BCUT2D eigenvalue weighted by Crippen LogP contribution is -2.14. The molecular weight excluding hydrogens is 320 g/mol. The molecule has 1 aromatic heterocycles. The summed E-state index contributed by atoms with van der Waals surface area (Å²) in [5.41, 5.74) is 2.74. The Hall–Kier alpha value is -3.48. The molecule has 1 N–H and O–H groups in total. The zero-order valence-corrected chi connectivity index (χ0v) is 13.8. The van der Waals surface area contributed by atoms with Crippen molar-refractivity contribution in [2.24, 2.45) is 0 Å². The summed E-state index contributed by atoms with van der Waals surface area (Å²) in [7, 11) is 0. The van der Waals surface area contributed by atoms with Crippen LogP contribution in [0.1, 0.15) is 21.6 Å². The number of rotatable bonds is 4. The van der Waals surface area contributed by atoms with Gasteiger partial charge < -0.3 is 5.32 Å². The zero-order valence-electron chi connectivity index (χ0n) is 13.8. The average molecular weight is 336 g/mol. The molecule has 0 saturated carbocycles. The van der Waals surface area contributed by atoms with E-state index in [-0.39, 0.29) is 11.6 Å². The molecule has 0 fully saturated rings. The van der Waals surface area contributed by atoms with Gasteiger partial charge in [-0.15, -0.1) is 0 Å². The highest BCUT2D eigenvalue weighted by Crippen LogP contribution is 2.26. The first-order valence-electron chi connectivity index (χ1n) is 7.64. The fourth-order valence-corrected chi connectivity index (χ4v) is 2.61. The van der Waals surface area contributed by atoms with Crippen LogP contribution in [0.4, 0.5) is 11.4 Å². The van der Waals surface area contributed by atoms with Crippen LogP contribution in [0.3, 0.4) is 0 Å². The third kappa shape index (κ3) is 3.12. The van der Waals surface area contributed by atoms with Gasteiger partial charge in [0.15, 0.2) is 0 Å². The minimum Gasteiger partial charge on any atom is -0.321 e. The number of nitrogens with zero attached hydrogens (tertiary/aromatic N) is 3. The second kappa shape index (κ2) is 6.56. The van der Waals surface area contributed by atoms with Crippen LogP contribution in [0.25, 0.3) is 5.69 Å². The number of aromatic nitrogens is 2. The number of anilines is 1. The lowest BCUT2D eigenvalue weighted by Gasteiger charge is -2.09. The summed E-state index contributed by atoms with van der Waals surface area (Å²) in [6.07, 6.45) is 1.49. The minimum absolute atomic E-state index is 0.0329. The van der Waals surface area contributed by atoms with E-state index in [4.69, 9.17) is 0 Å². The first-order chi connectivity index (χ1) is 12.0. The second-order valence-corrected chi connectivity index (χ2v) is 5.55. The van der Waals surface area contributed by atoms with Crippen molar-refractivity contribution < 1.29 is 9.72 Å². The van der Waals surface area contributed by atoms with E-state index in [1.54, 1.807) is 30.7 Å². The van der Waals surface area contributed by atoms with Crippen molar-refractivity contribution in [2.45, 2.75) is 13.8 Å². The van der Waals surface area contributed by atoms with Crippen molar-refractivity contribution in [1.82, 2.24) is 9.78 Å². The van der Waals surface area contributed by atoms with Crippen LogP contribution in [0.5, 0.6) is 0 Å². The Balaban J connectivity index is 1.90. The summed E-state index contributed by atoms with van der Waals surface area (Å²) in [6, 6.07) is 14.1. The largest absolute Gasteiger partial charge is 0.321 e. The lowest BCUT2D eigenvalue weighted by molar-refractivity contribution is -0.385. The number of amides is 1. The summed E-state index contributed by atoms with van der Waals surface area (Å²) in [6.45, 7) is 3.41. The van der Waals surface area contributed by atoms with Gasteiger partial charge in [0.25, 0.3) is 11.6 Å². The third-order valence-corrected chi connectivity index (χ3v) is 4.01. The second-order valence-electron chi connectivity index (χ2n) is 5.55. The van der Waals surface area contributed by atoms with Crippen LogP contribution in [0.15, 0.2) is 54.7 Å². The highest BCUT2D eigenvalue weighted by molar-refractivity contribution is 6.05. The minimum atomic E-state index is -0.469. The summed E-state index contributed by atoms with van der Waals surface area (Å²) >= 11 is 0. The maximum Gasteiger partial charge on any atom is 0.274 e. The van der Waals surface area contributed by atoms with E-state index >= 15 is 0 Å². The monoisotopic (exact) mass is 336 g/mol. The highest BCUT2D eigenvalue weighted by atomic mass is 16.6. The third-order valence-electron chi connectivity index (χ3n) is 4.01. The molecule has 0 unspecified atom stereocenters. The molecule has 1 heterocycles. The van der Waals surface area contributed by atoms with Crippen LogP contribution in [-0.4, -0.2) is 20.6 Å². The fraction of sp³-hybridized carbons (Fsp3) is 0.111. The molecule has 7 heteroatoms.